The fourth-order valence-electron chi connectivity index (χ4n) is 2.84. The third-order valence-electron chi connectivity index (χ3n) is 4.07. The number of hydrogen-bond acceptors (Lipinski definition) is 3. The Balaban J connectivity index is 0.00000192. The number of nitrogens with zero attached hydrogens (tertiary/aromatic N) is 2. The molecule has 0 bridgehead atoms. The van der Waals surface area contributed by atoms with Gasteiger partial charge in [-0.1, -0.05) is 6.07 Å². The van der Waals surface area contributed by atoms with Crippen LogP contribution in [0.3, 0.4) is 0 Å². The molecule has 0 fully saturated rings. The van der Waals surface area contributed by atoms with Gasteiger partial charge >= 0.3 is 0 Å². The number of fused-ring (bicyclic) bond motifs is 1. The molecule has 0 saturated carbocycles. The van der Waals surface area contributed by atoms with Gasteiger partial charge in [0.15, 0.2) is 0 Å². The summed E-state index contributed by atoms with van der Waals surface area (Å²) < 4.78 is 1.78. The van der Waals surface area contributed by atoms with Crippen molar-refractivity contribution < 1.29 is 4.79 Å². The predicted molar refractivity (Wildman–Crippen MR) is 93.2 cm³/mol. The van der Waals surface area contributed by atoms with Crippen molar-refractivity contribution in [2.45, 2.75) is 19.3 Å². The summed E-state index contributed by atoms with van der Waals surface area (Å²) in [4.78, 5) is 12.3. The van der Waals surface area contributed by atoms with Crippen LogP contribution in [0.1, 0.15) is 27.0 Å². The Bertz CT molecular complexity index is 668. The van der Waals surface area contributed by atoms with Crippen molar-refractivity contribution in [3.05, 3.63) is 52.8 Å². The highest BCUT2D eigenvalue weighted by atomic mass is 35.5. The molecule has 1 aromatic heterocycles. The third-order valence-corrected chi connectivity index (χ3v) is 4.07. The maximum absolute atomic E-state index is 12.3. The fraction of sp³-hybridized carbons (Fsp3) is 0.412. The number of carbonyl (C=O) groups excluding carboxylic acids is 1. The number of rotatable bonds is 4. The summed E-state index contributed by atoms with van der Waals surface area (Å²) in [6, 6.07) is 6.07. The minimum absolute atomic E-state index is 0. The number of hydrogen-bond donors (Lipinski definition) is 2. The first kappa shape index (κ1) is 17.5. The van der Waals surface area contributed by atoms with Gasteiger partial charge in [-0.05, 0) is 61.2 Å². The maximum Gasteiger partial charge on any atom is 0.251 e. The molecule has 0 radical (unpaired) electrons. The van der Waals surface area contributed by atoms with Crippen molar-refractivity contribution in [2.75, 3.05) is 19.6 Å². The lowest BCUT2D eigenvalue weighted by molar-refractivity contribution is 0.0954. The summed E-state index contributed by atoms with van der Waals surface area (Å²) in [6.45, 7) is 2.63. The second-order valence-electron chi connectivity index (χ2n) is 5.76. The topological polar surface area (TPSA) is 59.0 Å². The fourth-order valence-corrected chi connectivity index (χ4v) is 2.84. The average molecular weight is 335 g/mol. The van der Waals surface area contributed by atoms with E-state index in [4.69, 9.17) is 0 Å². The molecule has 1 aliphatic rings. The van der Waals surface area contributed by atoms with Gasteiger partial charge in [-0.15, -0.1) is 12.4 Å². The van der Waals surface area contributed by atoms with E-state index in [0.717, 1.165) is 43.5 Å². The smallest absolute Gasteiger partial charge is 0.251 e. The van der Waals surface area contributed by atoms with E-state index in [1.165, 1.54) is 11.1 Å². The maximum atomic E-state index is 12.3. The molecule has 1 amide bonds. The highest BCUT2D eigenvalue weighted by molar-refractivity contribution is 5.94. The molecule has 124 valence electrons. The molecule has 0 atom stereocenters. The number of nitrogens with one attached hydrogen (secondary N) is 2. The van der Waals surface area contributed by atoms with E-state index in [9.17, 15) is 4.79 Å². The van der Waals surface area contributed by atoms with Crippen molar-refractivity contribution in [3.8, 4) is 0 Å². The van der Waals surface area contributed by atoms with Crippen LogP contribution in [0.15, 0.2) is 30.6 Å². The second kappa shape index (κ2) is 8.13. The number of benzene rings is 1. The lowest BCUT2D eigenvalue weighted by atomic mass is 10.00. The number of aromatic nitrogens is 2. The minimum atomic E-state index is 0. The molecule has 0 aliphatic carbocycles. The Hall–Kier alpha value is -1.85. The van der Waals surface area contributed by atoms with E-state index in [2.05, 4.69) is 21.8 Å². The lowest BCUT2D eigenvalue weighted by Gasteiger charge is -2.09. The first-order valence-electron chi connectivity index (χ1n) is 7.80. The van der Waals surface area contributed by atoms with Crippen LogP contribution in [0.4, 0.5) is 0 Å². The van der Waals surface area contributed by atoms with Gasteiger partial charge in [0.25, 0.3) is 5.91 Å². The van der Waals surface area contributed by atoms with Gasteiger partial charge in [0, 0.05) is 25.4 Å². The largest absolute Gasteiger partial charge is 0.352 e. The molecule has 3 rings (SSSR count). The van der Waals surface area contributed by atoms with Crippen LogP contribution in [0.5, 0.6) is 0 Å². The molecule has 0 saturated heterocycles. The molecule has 6 heteroatoms. The molecule has 1 aromatic carbocycles. The number of carbonyl (C=O) groups is 1. The molecule has 2 heterocycles. The molecule has 0 unspecified atom stereocenters. The van der Waals surface area contributed by atoms with Crippen LogP contribution in [0.25, 0.3) is 0 Å². The van der Waals surface area contributed by atoms with Crippen LogP contribution in [0, 0.1) is 0 Å². The Morgan fingerprint density at radius 1 is 1.30 bits per heavy atom. The molecule has 5 nitrogen and oxygen atoms in total. The van der Waals surface area contributed by atoms with E-state index in [0.29, 0.717) is 6.54 Å². The summed E-state index contributed by atoms with van der Waals surface area (Å²) >= 11 is 0. The van der Waals surface area contributed by atoms with Crippen molar-refractivity contribution in [3.63, 3.8) is 0 Å². The van der Waals surface area contributed by atoms with Crippen molar-refractivity contribution in [1.29, 1.82) is 0 Å². The standard InChI is InChI=1S/C17H22N4O.ClH/c1-21-12-13(11-20-21)4-9-19-17(22)16-3-2-14-5-7-18-8-6-15(14)10-16;/h2-3,10-12,18H,4-9H2,1H3,(H,19,22);1H. The SMILES string of the molecule is Cl.Cn1cc(CCNC(=O)c2ccc3c(c2)CCNCC3)cn1. The van der Waals surface area contributed by atoms with Crippen LogP contribution >= 0.6 is 12.4 Å². The first-order valence-corrected chi connectivity index (χ1v) is 7.80. The average Bonchev–Trinajstić information content (AvgIpc) is 2.80. The van der Waals surface area contributed by atoms with E-state index < -0.39 is 0 Å². The Morgan fingerprint density at radius 2 is 2.09 bits per heavy atom. The van der Waals surface area contributed by atoms with E-state index in [1.807, 2.05) is 31.6 Å². The summed E-state index contributed by atoms with van der Waals surface area (Å²) in [5.74, 6) is 0.00361. The van der Waals surface area contributed by atoms with Crippen molar-refractivity contribution in [2.24, 2.45) is 7.05 Å². The highest BCUT2D eigenvalue weighted by Gasteiger charge is 2.11. The zero-order chi connectivity index (χ0) is 15.4. The number of amides is 1. The van der Waals surface area contributed by atoms with Gasteiger partial charge in [-0.3, -0.25) is 9.48 Å². The molecular formula is C17H23ClN4O. The third kappa shape index (κ3) is 4.56. The summed E-state index contributed by atoms with van der Waals surface area (Å²) in [7, 11) is 1.90. The minimum Gasteiger partial charge on any atom is -0.352 e. The lowest BCUT2D eigenvalue weighted by Crippen LogP contribution is -2.25. The van der Waals surface area contributed by atoms with Gasteiger partial charge in [-0.25, -0.2) is 0 Å². The van der Waals surface area contributed by atoms with Crippen molar-refractivity contribution in [1.82, 2.24) is 20.4 Å². The normalized spacial score (nSPS) is 13.6. The monoisotopic (exact) mass is 334 g/mol. The predicted octanol–water partition coefficient (Wildman–Crippen LogP) is 1.50. The molecule has 0 spiro atoms. The Labute approximate surface area is 142 Å². The Morgan fingerprint density at radius 3 is 2.83 bits per heavy atom. The van der Waals surface area contributed by atoms with Gasteiger partial charge < -0.3 is 10.6 Å². The van der Waals surface area contributed by atoms with Crippen LogP contribution < -0.4 is 10.6 Å². The summed E-state index contributed by atoms with van der Waals surface area (Å²) in [5, 5.41) is 10.5. The summed E-state index contributed by atoms with van der Waals surface area (Å²) in [6.07, 6.45) is 6.64. The quantitative estimate of drug-likeness (QED) is 0.891. The second-order valence-corrected chi connectivity index (χ2v) is 5.76. The summed E-state index contributed by atoms with van der Waals surface area (Å²) in [5.41, 5.74) is 4.55. The van der Waals surface area contributed by atoms with Crippen LogP contribution in [-0.2, 0) is 26.3 Å². The molecule has 23 heavy (non-hydrogen) atoms. The van der Waals surface area contributed by atoms with E-state index >= 15 is 0 Å². The van der Waals surface area contributed by atoms with Gasteiger partial charge in [0.2, 0.25) is 0 Å². The molecule has 1 aliphatic heterocycles. The van der Waals surface area contributed by atoms with Gasteiger partial charge in [0.05, 0.1) is 6.20 Å². The zero-order valence-corrected chi connectivity index (χ0v) is 14.2. The first-order chi connectivity index (χ1) is 10.7. The van der Waals surface area contributed by atoms with Crippen LogP contribution in [0.2, 0.25) is 0 Å². The Kier molecular flexibility index (Phi) is 6.19. The molecular weight excluding hydrogens is 312 g/mol. The number of aryl methyl sites for hydroxylation is 1. The van der Waals surface area contributed by atoms with E-state index in [1.54, 1.807) is 4.68 Å². The van der Waals surface area contributed by atoms with Gasteiger partial charge in [-0.2, -0.15) is 5.10 Å². The zero-order valence-electron chi connectivity index (χ0n) is 13.3. The van der Waals surface area contributed by atoms with Crippen molar-refractivity contribution >= 4 is 18.3 Å². The number of halogens is 1. The molecule has 2 aromatic rings. The molecule has 2 N–H and O–H groups in total. The van der Waals surface area contributed by atoms with Gasteiger partial charge in [0.1, 0.15) is 0 Å². The van der Waals surface area contributed by atoms with E-state index in [-0.39, 0.29) is 18.3 Å². The highest BCUT2D eigenvalue weighted by Crippen LogP contribution is 2.15. The van der Waals surface area contributed by atoms with Crippen LogP contribution in [-0.4, -0.2) is 35.3 Å².